The van der Waals surface area contributed by atoms with Crippen LogP contribution in [0.5, 0.6) is 0 Å². The van der Waals surface area contributed by atoms with Crippen molar-refractivity contribution >= 4 is 34.1 Å². The third-order valence-electron chi connectivity index (χ3n) is 8.49. The van der Waals surface area contributed by atoms with Crippen molar-refractivity contribution in [1.82, 2.24) is 10.3 Å². The molecule has 4 aliphatic carbocycles. The van der Waals surface area contributed by atoms with Crippen LogP contribution in [0.1, 0.15) is 75.1 Å². The average molecular weight is 445 g/mol. The van der Waals surface area contributed by atoms with Crippen LogP contribution in [0.2, 0.25) is 10.0 Å². The van der Waals surface area contributed by atoms with Gasteiger partial charge in [0.25, 0.3) is 0 Å². The summed E-state index contributed by atoms with van der Waals surface area (Å²) in [5.41, 5.74) is 3.09. The summed E-state index contributed by atoms with van der Waals surface area (Å²) < 4.78 is 0. The predicted molar refractivity (Wildman–Crippen MR) is 122 cm³/mol. The zero-order chi connectivity index (χ0) is 20.5. The first kappa shape index (κ1) is 19.8. The van der Waals surface area contributed by atoms with Crippen LogP contribution in [-0.2, 0) is 5.41 Å². The lowest BCUT2D eigenvalue weighted by molar-refractivity contribution is -0.00720. The van der Waals surface area contributed by atoms with Crippen molar-refractivity contribution in [1.29, 1.82) is 0 Å². The van der Waals surface area contributed by atoms with Gasteiger partial charge in [0.05, 0.1) is 16.6 Å². The Bertz CT molecular complexity index is 949. The minimum atomic E-state index is -0.571. The third-order valence-corrected chi connectivity index (χ3v) is 9.00. The van der Waals surface area contributed by atoms with Gasteiger partial charge in [0.2, 0.25) is 0 Å². The summed E-state index contributed by atoms with van der Waals surface area (Å²) in [6.45, 7) is 0.966. The number of aliphatic hydroxyl groups is 1. The molecular formula is C25H30Cl2N2O. The number of fused-ring (bicyclic) bond motifs is 1. The number of nitrogens with zero attached hydrogens (tertiary/aromatic N) is 1. The molecule has 2 unspecified atom stereocenters. The molecule has 1 saturated heterocycles. The Morgan fingerprint density at radius 1 is 1.00 bits per heavy atom. The fourth-order valence-corrected chi connectivity index (χ4v) is 8.12. The highest BCUT2D eigenvalue weighted by molar-refractivity contribution is 6.38. The molecule has 4 bridgehead atoms. The first-order valence-corrected chi connectivity index (χ1v) is 12.5. The SMILES string of the molecule is OC(c1cc(C23CC4CC(CC(C4)C2)C3)nc2c(Cl)cc(Cl)cc12)C1CCCCN1. The van der Waals surface area contributed by atoms with Crippen LogP contribution in [0.3, 0.4) is 0 Å². The number of hydrogen-bond donors (Lipinski definition) is 2. The predicted octanol–water partition coefficient (Wildman–Crippen LogP) is 6.18. The van der Waals surface area contributed by atoms with Crippen LogP contribution in [0, 0.1) is 17.8 Å². The molecule has 0 amide bonds. The van der Waals surface area contributed by atoms with Crippen molar-refractivity contribution in [3.05, 3.63) is 39.5 Å². The Morgan fingerprint density at radius 3 is 2.33 bits per heavy atom. The monoisotopic (exact) mass is 444 g/mol. The summed E-state index contributed by atoms with van der Waals surface area (Å²) in [7, 11) is 0. The number of piperidine rings is 1. The molecule has 0 radical (unpaired) electrons. The zero-order valence-electron chi connectivity index (χ0n) is 17.3. The van der Waals surface area contributed by atoms with Crippen LogP contribution in [0.15, 0.2) is 18.2 Å². The lowest BCUT2D eigenvalue weighted by Crippen LogP contribution is -2.49. The van der Waals surface area contributed by atoms with E-state index in [0.717, 1.165) is 53.6 Å². The molecule has 30 heavy (non-hydrogen) atoms. The van der Waals surface area contributed by atoms with E-state index in [1.54, 1.807) is 6.07 Å². The average Bonchev–Trinajstić information content (AvgIpc) is 2.72. The molecule has 1 aromatic heterocycles. The minimum Gasteiger partial charge on any atom is -0.387 e. The largest absolute Gasteiger partial charge is 0.387 e. The van der Waals surface area contributed by atoms with E-state index in [0.29, 0.717) is 10.0 Å². The first-order valence-electron chi connectivity index (χ1n) is 11.7. The van der Waals surface area contributed by atoms with Crippen molar-refractivity contribution in [2.24, 2.45) is 17.8 Å². The van der Waals surface area contributed by atoms with Crippen LogP contribution in [-0.4, -0.2) is 22.7 Å². The van der Waals surface area contributed by atoms with E-state index >= 15 is 0 Å². The summed E-state index contributed by atoms with van der Waals surface area (Å²) in [4.78, 5) is 5.17. The van der Waals surface area contributed by atoms with E-state index in [1.165, 1.54) is 50.6 Å². The number of benzene rings is 1. The standard InChI is InChI=1S/C25H30Cl2N2O/c26-17-8-18-19(24(30)21-3-1-2-4-28-21)10-22(29-23(18)20(27)9-17)25-11-14-5-15(12-25)7-16(6-14)13-25/h8-10,14-16,21,24,28,30H,1-7,11-13H2. The maximum absolute atomic E-state index is 11.5. The number of aromatic nitrogens is 1. The van der Waals surface area contributed by atoms with Gasteiger partial charge in [-0.25, -0.2) is 0 Å². The van der Waals surface area contributed by atoms with Gasteiger partial charge in [-0.1, -0.05) is 29.6 Å². The normalized spacial score (nSPS) is 36.4. The number of nitrogens with one attached hydrogen (secondary N) is 1. The van der Waals surface area contributed by atoms with E-state index in [1.807, 2.05) is 6.07 Å². The van der Waals surface area contributed by atoms with Gasteiger partial charge in [0.1, 0.15) is 0 Å². The number of aliphatic hydroxyl groups excluding tert-OH is 1. The smallest absolute Gasteiger partial charge is 0.0950 e. The molecule has 7 rings (SSSR count). The fourth-order valence-electron chi connectivity index (χ4n) is 7.58. The lowest BCUT2D eigenvalue weighted by Gasteiger charge is -2.56. The van der Waals surface area contributed by atoms with Crippen molar-refractivity contribution in [3.63, 3.8) is 0 Å². The quantitative estimate of drug-likeness (QED) is 0.593. The summed E-state index contributed by atoms with van der Waals surface area (Å²) in [6.07, 6.45) is 10.7. The fraction of sp³-hybridized carbons (Fsp3) is 0.640. The van der Waals surface area contributed by atoms with E-state index in [4.69, 9.17) is 28.2 Å². The molecule has 4 saturated carbocycles. The molecule has 1 aromatic carbocycles. The molecule has 160 valence electrons. The Kier molecular flexibility index (Phi) is 4.84. The lowest BCUT2D eigenvalue weighted by atomic mass is 9.48. The van der Waals surface area contributed by atoms with Crippen molar-refractivity contribution in [2.75, 3.05) is 6.54 Å². The van der Waals surface area contributed by atoms with Gasteiger partial charge in [-0.05, 0) is 99.4 Å². The summed E-state index contributed by atoms with van der Waals surface area (Å²) in [6, 6.07) is 6.02. The molecule has 0 spiro atoms. The van der Waals surface area contributed by atoms with Gasteiger partial charge in [0.15, 0.2) is 0 Å². The van der Waals surface area contributed by atoms with Gasteiger partial charge >= 0.3 is 0 Å². The van der Waals surface area contributed by atoms with E-state index in [9.17, 15) is 5.11 Å². The maximum atomic E-state index is 11.5. The van der Waals surface area contributed by atoms with Crippen molar-refractivity contribution < 1.29 is 5.11 Å². The van der Waals surface area contributed by atoms with Crippen LogP contribution >= 0.6 is 23.2 Å². The Hall–Kier alpha value is -0.870. The topological polar surface area (TPSA) is 45.2 Å². The Balaban J connectivity index is 1.50. The maximum Gasteiger partial charge on any atom is 0.0950 e. The third kappa shape index (κ3) is 3.20. The number of rotatable bonds is 3. The molecule has 5 heteroatoms. The Morgan fingerprint density at radius 2 is 1.70 bits per heavy atom. The van der Waals surface area contributed by atoms with Gasteiger partial charge in [-0.3, -0.25) is 4.98 Å². The summed E-state index contributed by atoms with van der Waals surface area (Å²) in [5, 5.41) is 17.1. The molecule has 2 N–H and O–H groups in total. The summed E-state index contributed by atoms with van der Waals surface area (Å²) >= 11 is 13.0. The second-order valence-electron chi connectivity index (χ2n) is 10.6. The minimum absolute atomic E-state index is 0.0753. The van der Waals surface area contributed by atoms with Gasteiger partial charge < -0.3 is 10.4 Å². The first-order chi connectivity index (χ1) is 14.5. The van der Waals surface area contributed by atoms with Gasteiger partial charge in [-0.2, -0.15) is 0 Å². The molecule has 2 aromatic rings. The molecular weight excluding hydrogens is 415 g/mol. The van der Waals surface area contributed by atoms with E-state index in [-0.39, 0.29) is 11.5 Å². The van der Waals surface area contributed by atoms with E-state index in [2.05, 4.69) is 11.4 Å². The van der Waals surface area contributed by atoms with Crippen LogP contribution in [0.4, 0.5) is 0 Å². The van der Waals surface area contributed by atoms with Crippen molar-refractivity contribution in [2.45, 2.75) is 75.3 Å². The number of pyridine rings is 1. The van der Waals surface area contributed by atoms with E-state index < -0.39 is 6.10 Å². The number of halogens is 2. The molecule has 2 heterocycles. The molecule has 5 aliphatic rings. The van der Waals surface area contributed by atoms with Gasteiger partial charge in [0, 0.05) is 27.6 Å². The van der Waals surface area contributed by atoms with Gasteiger partial charge in [-0.15, -0.1) is 0 Å². The van der Waals surface area contributed by atoms with Crippen molar-refractivity contribution in [3.8, 4) is 0 Å². The van der Waals surface area contributed by atoms with Crippen LogP contribution in [0.25, 0.3) is 10.9 Å². The molecule has 1 aliphatic heterocycles. The second kappa shape index (κ2) is 7.33. The molecule has 5 fully saturated rings. The Labute approximate surface area is 188 Å². The zero-order valence-corrected chi connectivity index (χ0v) is 18.9. The highest BCUT2D eigenvalue weighted by atomic mass is 35.5. The highest BCUT2D eigenvalue weighted by Gasteiger charge is 2.52. The molecule has 2 atom stereocenters. The number of hydrogen-bond acceptors (Lipinski definition) is 3. The summed E-state index contributed by atoms with van der Waals surface area (Å²) in [5.74, 6) is 2.55. The molecule has 3 nitrogen and oxygen atoms in total. The highest BCUT2D eigenvalue weighted by Crippen LogP contribution is 2.60. The second-order valence-corrected chi connectivity index (χ2v) is 11.4. The van der Waals surface area contributed by atoms with Crippen LogP contribution < -0.4 is 5.32 Å².